The molecular weight excluding hydrogens is 372 g/mol. The van der Waals surface area contributed by atoms with Crippen molar-refractivity contribution in [1.82, 2.24) is 10.3 Å². The molecule has 0 aliphatic rings. The van der Waals surface area contributed by atoms with E-state index in [2.05, 4.69) is 12.2 Å². The van der Waals surface area contributed by atoms with Gasteiger partial charge in [0, 0.05) is 18.0 Å². The molecule has 0 unspecified atom stereocenters. The second-order valence-corrected chi connectivity index (χ2v) is 7.28. The topological polar surface area (TPSA) is 60.5 Å². The predicted octanol–water partition coefficient (Wildman–Crippen LogP) is 4.24. The van der Waals surface area contributed by atoms with Crippen molar-refractivity contribution in [2.45, 2.75) is 18.2 Å². The first-order valence-electron chi connectivity index (χ1n) is 8.92. The molecule has 0 atom stereocenters. The number of aromatic nitrogens is 1. The number of hydrogen-bond donors (Lipinski definition) is 1. The van der Waals surface area contributed by atoms with Crippen LogP contribution in [0.2, 0.25) is 0 Å². The summed E-state index contributed by atoms with van der Waals surface area (Å²) in [4.78, 5) is 17.5. The Morgan fingerprint density at radius 1 is 1.11 bits per heavy atom. The van der Waals surface area contributed by atoms with Crippen LogP contribution in [0.3, 0.4) is 0 Å². The van der Waals surface area contributed by atoms with Crippen molar-refractivity contribution in [1.29, 1.82) is 0 Å². The van der Waals surface area contributed by atoms with Crippen LogP contribution < -0.4 is 14.8 Å². The molecule has 1 N–H and O–H groups in total. The minimum atomic E-state index is -0.00713. The van der Waals surface area contributed by atoms with Crippen molar-refractivity contribution in [2.24, 2.45) is 0 Å². The standard InChI is InChI=1S/C22H24N2O3S/c1-13-8-18(16-11-20(27-4)21(28-5)12-19(16)26-3)24-17-7-6-14(9-15(13)17)10-22(25)23-2/h6-9,11-12H,10H2,1-5H3,(H,23,25). The van der Waals surface area contributed by atoms with Gasteiger partial charge in [0.2, 0.25) is 5.91 Å². The molecule has 0 fully saturated rings. The first-order chi connectivity index (χ1) is 13.5. The lowest BCUT2D eigenvalue weighted by molar-refractivity contribution is -0.119. The van der Waals surface area contributed by atoms with Gasteiger partial charge in [0.15, 0.2) is 0 Å². The maximum absolute atomic E-state index is 11.7. The minimum absolute atomic E-state index is 0.00713. The smallest absolute Gasteiger partial charge is 0.224 e. The van der Waals surface area contributed by atoms with E-state index in [0.717, 1.165) is 49.7 Å². The highest BCUT2D eigenvalue weighted by molar-refractivity contribution is 7.98. The number of thioether (sulfide) groups is 1. The van der Waals surface area contributed by atoms with E-state index >= 15 is 0 Å². The van der Waals surface area contributed by atoms with Crippen molar-refractivity contribution >= 4 is 28.6 Å². The summed E-state index contributed by atoms with van der Waals surface area (Å²) in [5, 5.41) is 3.70. The van der Waals surface area contributed by atoms with Gasteiger partial charge in [0.05, 0.1) is 36.7 Å². The summed E-state index contributed by atoms with van der Waals surface area (Å²) in [6.45, 7) is 2.05. The van der Waals surface area contributed by atoms with Gasteiger partial charge in [-0.25, -0.2) is 4.98 Å². The minimum Gasteiger partial charge on any atom is -0.496 e. The molecule has 0 aliphatic carbocycles. The molecule has 3 aromatic rings. The molecule has 6 heteroatoms. The number of hydrogen-bond acceptors (Lipinski definition) is 5. The van der Waals surface area contributed by atoms with Crippen LogP contribution in [0, 0.1) is 6.92 Å². The van der Waals surface area contributed by atoms with Crippen molar-refractivity contribution in [2.75, 3.05) is 27.5 Å². The van der Waals surface area contributed by atoms with Crippen LogP contribution in [0.1, 0.15) is 11.1 Å². The highest BCUT2D eigenvalue weighted by Gasteiger charge is 2.15. The number of nitrogens with zero attached hydrogens (tertiary/aromatic N) is 1. The van der Waals surface area contributed by atoms with Gasteiger partial charge in [-0.15, -0.1) is 11.8 Å². The molecule has 146 valence electrons. The third-order valence-electron chi connectivity index (χ3n) is 4.71. The first-order valence-corrected chi connectivity index (χ1v) is 10.1. The first kappa shape index (κ1) is 20.0. The van der Waals surface area contributed by atoms with E-state index in [1.165, 1.54) is 0 Å². The van der Waals surface area contributed by atoms with Crippen LogP contribution >= 0.6 is 11.8 Å². The summed E-state index contributed by atoms with van der Waals surface area (Å²) >= 11 is 1.61. The maximum Gasteiger partial charge on any atom is 0.224 e. The molecule has 3 rings (SSSR count). The monoisotopic (exact) mass is 396 g/mol. The molecule has 0 aliphatic heterocycles. The van der Waals surface area contributed by atoms with Crippen LogP contribution in [-0.2, 0) is 11.2 Å². The number of aryl methyl sites for hydroxylation is 1. The largest absolute Gasteiger partial charge is 0.496 e. The molecule has 1 amide bonds. The van der Waals surface area contributed by atoms with Gasteiger partial charge in [0.25, 0.3) is 0 Å². The SMILES string of the molecule is CNC(=O)Cc1ccc2nc(-c3cc(OC)c(SC)cc3OC)cc(C)c2c1. The van der Waals surface area contributed by atoms with E-state index in [4.69, 9.17) is 14.5 Å². The number of likely N-dealkylation sites (N-methyl/N-ethyl adjacent to an activating group) is 1. The maximum atomic E-state index is 11.7. The highest BCUT2D eigenvalue weighted by Crippen LogP contribution is 2.40. The van der Waals surface area contributed by atoms with E-state index in [1.54, 1.807) is 33.0 Å². The normalized spacial score (nSPS) is 10.8. The number of nitrogens with one attached hydrogen (secondary N) is 1. The Morgan fingerprint density at radius 2 is 1.86 bits per heavy atom. The lowest BCUT2D eigenvalue weighted by Crippen LogP contribution is -2.19. The van der Waals surface area contributed by atoms with Crippen molar-refractivity contribution in [3.63, 3.8) is 0 Å². The molecule has 0 saturated heterocycles. The lowest BCUT2D eigenvalue weighted by atomic mass is 10.0. The van der Waals surface area contributed by atoms with E-state index in [0.29, 0.717) is 6.42 Å². The van der Waals surface area contributed by atoms with E-state index in [1.807, 2.05) is 42.7 Å². The number of rotatable bonds is 6. The summed E-state index contributed by atoms with van der Waals surface area (Å²) in [5.74, 6) is 1.55. The van der Waals surface area contributed by atoms with Gasteiger partial charge < -0.3 is 14.8 Å². The highest BCUT2D eigenvalue weighted by atomic mass is 32.2. The molecule has 0 saturated carbocycles. The van der Waals surface area contributed by atoms with Crippen LogP contribution in [0.15, 0.2) is 41.3 Å². The number of methoxy groups -OCH3 is 2. The Balaban J connectivity index is 2.12. The second kappa shape index (κ2) is 8.52. The van der Waals surface area contributed by atoms with Crippen LogP contribution in [0.4, 0.5) is 0 Å². The number of carbonyl (C=O) groups excluding carboxylic acids is 1. The predicted molar refractivity (Wildman–Crippen MR) is 115 cm³/mol. The second-order valence-electron chi connectivity index (χ2n) is 6.43. The van der Waals surface area contributed by atoms with Crippen LogP contribution in [0.5, 0.6) is 11.5 Å². The van der Waals surface area contributed by atoms with Crippen LogP contribution in [0.25, 0.3) is 22.2 Å². The van der Waals surface area contributed by atoms with Gasteiger partial charge in [-0.3, -0.25) is 4.79 Å². The summed E-state index contributed by atoms with van der Waals surface area (Å²) in [6.07, 6.45) is 2.36. The zero-order valence-electron chi connectivity index (χ0n) is 16.8. The lowest BCUT2D eigenvalue weighted by Gasteiger charge is -2.15. The Morgan fingerprint density at radius 3 is 2.50 bits per heavy atom. The molecule has 28 heavy (non-hydrogen) atoms. The van der Waals surface area contributed by atoms with E-state index < -0.39 is 0 Å². The quantitative estimate of drug-likeness (QED) is 0.632. The summed E-state index contributed by atoms with van der Waals surface area (Å²) < 4.78 is 11.2. The van der Waals surface area contributed by atoms with E-state index in [-0.39, 0.29) is 5.91 Å². The molecule has 2 aromatic carbocycles. The van der Waals surface area contributed by atoms with Gasteiger partial charge in [-0.1, -0.05) is 6.07 Å². The zero-order valence-corrected chi connectivity index (χ0v) is 17.6. The molecule has 1 aromatic heterocycles. The average Bonchev–Trinajstić information content (AvgIpc) is 2.72. The number of benzene rings is 2. The third kappa shape index (κ3) is 3.92. The van der Waals surface area contributed by atoms with Crippen molar-refractivity contribution in [3.05, 3.63) is 47.5 Å². The zero-order chi connectivity index (χ0) is 20.3. The van der Waals surface area contributed by atoms with Crippen molar-refractivity contribution in [3.8, 4) is 22.8 Å². The molecule has 1 heterocycles. The number of fused-ring (bicyclic) bond motifs is 1. The summed E-state index contributed by atoms with van der Waals surface area (Å²) in [5.41, 5.74) is 4.65. The Hall–Kier alpha value is -2.73. The fraction of sp³-hybridized carbons (Fsp3) is 0.273. The fourth-order valence-corrected chi connectivity index (χ4v) is 3.76. The van der Waals surface area contributed by atoms with Crippen LogP contribution in [-0.4, -0.2) is 38.4 Å². The number of amides is 1. The van der Waals surface area contributed by atoms with Gasteiger partial charge >= 0.3 is 0 Å². The fourth-order valence-electron chi connectivity index (χ4n) is 3.19. The van der Waals surface area contributed by atoms with Gasteiger partial charge in [-0.05, 0) is 54.6 Å². The summed E-state index contributed by atoms with van der Waals surface area (Å²) in [7, 11) is 4.97. The molecule has 0 radical (unpaired) electrons. The molecule has 5 nitrogen and oxygen atoms in total. The number of ether oxygens (including phenoxy) is 2. The Bertz CT molecular complexity index is 1030. The number of pyridine rings is 1. The van der Waals surface area contributed by atoms with Gasteiger partial charge in [0.1, 0.15) is 11.5 Å². The third-order valence-corrected chi connectivity index (χ3v) is 5.46. The summed E-state index contributed by atoms with van der Waals surface area (Å²) in [6, 6.07) is 11.9. The number of carbonyl (C=O) groups is 1. The van der Waals surface area contributed by atoms with Gasteiger partial charge in [-0.2, -0.15) is 0 Å². The average molecular weight is 397 g/mol. The molecule has 0 bridgehead atoms. The molecule has 0 spiro atoms. The molecular formula is C22H24N2O3S. The van der Waals surface area contributed by atoms with E-state index in [9.17, 15) is 4.79 Å². The Kier molecular flexibility index (Phi) is 6.09. The Labute approximate surface area is 169 Å². The van der Waals surface area contributed by atoms with Crippen molar-refractivity contribution < 1.29 is 14.3 Å².